The molecule has 102 valence electrons. The van der Waals surface area contributed by atoms with Gasteiger partial charge in [-0.2, -0.15) is 0 Å². The van der Waals surface area contributed by atoms with Gasteiger partial charge in [0.15, 0.2) is 0 Å². The molecule has 0 radical (unpaired) electrons. The number of rotatable bonds is 6. The van der Waals surface area contributed by atoms with Crippen molar-refractivity contribution in [3.05, 3.63) is 41.2 Å². The Morgan fingerprint density at radius 3 is 2.84 bits per heavy atom. The zero-order chi connectivity index (χ0) is 13.9. The Morgan fingerprint density at radius 2 is 2.26 bits per heavy atom. The van der Waals surface area contributed by atoms with Crippen molar-refractivity contribution in [3.8, 4) is 0 Å². The van der Waals surface area contributed by atoms with Crippen LogP contribution in [0.1, 0.15) is 16.1 Å². The van der Waals surface area contributed by atoms with E-state index in [2.05, 4.69) is 4.72 Å². The van der Waals surface area contributed by atoms with Crippen LogP contribution in [0.2, 0.25) is 0 Å². The van der Waals surface area contributed by atoms with Crippen molar-refractivity contribution >= 4 is 27.3 Å². The summed E-state index contributed by atoms with van der Waals surface area (Å²) in [6, 6.07) is 4.62. The number of aromatic carboxylic acids is 1. The first-order valence-corrected chi connectivity index (χ1v) is 7.69. The first-order chi connectivity index (χ1) is 8.99. The second kappa shape index (κ2) is 5.55. The second-order valence-corrected chi connectivity index (χ2v) is 6.59. The van der Waals surface area contributed by atoms with Crippen LogP contribution in [0.25, 0.3) is 0 Å². The van der Waals surface area contributed by atoms with Crippen LogP contribution in [0, 0.1) is 0 Å². The van der Waals surface area contributed by atoms with Gasteiger partial charge in [0.2, 0.25) is 10.0 Å². The lowest BCUT2D eigenvalue weighted by molar-refractivity contribution is 0.0697. The summed E-state index contributed by atoms with van der Waals surface area (Å²) >= 11 is 0.878. The van der Waals surface area contributed by atoms with Crippen LogP contribution in [0.5, 0.6) is 0 Å². The van der Waals surface area contributed by atoms with Crippen LogP contribution in [0.4, 0.5) is 0 Å². The maximum Gasteiger partial charge on any atom is 0.336 e. The van der Waals surface area contributed by atoms with Crippen LogP contribution in [-0.2, 0) is 16.4 Å². The molecule has 0 saturated carbocycles. The van der Waals surface area contributed by atoms with Crippen molar-refractivity contribution in [1.29, 1.82) is 0 Å². The minimum Gasteiger partial charge on any atom is -0.478 e. The minimum absolute atomic E-state index is 0.00987. The van der Waals surface area contributed by atoms with E-state index in [1.54, 1.807) is 12.1 Å². The highest BCUT2D eigenvalue weighted by atomic mass is 32.2. The molecule has 0 spiro atoms. The fraction of sp³-hybridized carbons (Fsp3) is 0.182. The van der Waals surface area contributed by atoms with Gasteiger partial charge >= 0.3 is 5.97 Å². The van der Waals surface area contributed by atoms with Gasteiger partial charge in [-0.25, -0.2) is 17.9 Å². The summed E-state index contributed by atoms with van der Waals surface area (Å²) in [6.07, 6.45) is 1.95. The summed E-state index contributed by atoms with van der Waals surface area (Å²) in [4.78, 5) is 10.7. The molecule has 0 unspecified atom stereocenters. The summed E-state index contributed by atoms with van der Waals surface area (Å²) in [6.45, 7) is 0.191. The number of thiophene rings is 1. The third kappa shape index (κ3) is 3.43. The lowest BCUT2D eigenvalue weighted by Crippen LogP contribution is -2.25. The average molecular weight is 301 g/mol. The van der Waals surface area contributed by atoms with Gasteiger partial charge in [0.25, 0.3) is 0 Å². The van der Waals surface area contributed by atoms with Gasteiger partial charge in [-0.15, -0.1) is 11.3 Å². The van der Waals surface area contributed by atoms with Crippen LogP contribution in [0.3, 0.4) is 0 Å². The summed E-state index contributed by atoms with van der Waals surface area (Å²) in [7, 11) is -3.66. The third-order valence-electron chi connectivity index (χ3n) is 2.33. The van der Waals surface area contributed by atoms with Crippen molar-refractivity contribution in [2.75, 3.05) is 6.54 Å². The van der Waals surface area contributed by atoms with Gasteiger partial charge in [0.05, 0.1) is 11.8 Å². The second-order valence-electron chi connectivity index (χ2n) is 3.69. The maximum absolute atomic E-state index is 11.9. The first-order valence-electron chi connectivity index (χ1n) is 5.33. The number of carbonyl (C=O) groups is 1. The topological polar surface area (TPSA) is 96.6 Å². The number of sulfonamides is 1. The van der Waals surface area contributed by atoms with Gasteiger partial charge in [-0.3, -0.25) is 0 Å². The Morgan fingerprint density at radius 1 is 1.47 bits per heavy atom. The molecular weight excluding hydrogens is 290 g/mol. The smallest absolute Gasteiger partial charge is 0.336 e. The van der Waals surface area contributed by atoms with Crippen molar-refractivity contribution < 1.29 is 22.7 Å². The van der Waals surface area contributed by atoms with E-state index in [1.165, 1.54) is 11.6 Å². The molecule has 8 heteroatoms. The van der Waals surface area contributed by atoms with E-state index in [0.717, 1.165) is 17.4 Å². The molecule has 0 aliphatic heterocycles. The number of carboxylic acid groups (broad SMARTS) is 1. The molecule has 0 bridgehead atoms. The van der Waals surface area contributed by atoms with Crippen LogP contribution in [0.15, 0.2) is 38.5 Å². The normalized spacial score (nSPS) is 11.6. The Bertz CT molecular complexity index is 657. The largest absolute Gasteiger partial charge is 0.478 e. The number of carboxylic acids is 1. The fourth-order valence-electron chi connectivity index (χ4n) is 1.40. The maximum atomic E-state index is 11.9. The highest BCUT2D eigenvalue weighted by Gasteiger charge is 2.18. The predicted octanol–water partition coefficient (Wildman–Crippen LogP) is 1.56. The molecule has 2 N–H and O–H groups in total. The molecule has 2 aromatic heterocycles. The first kappa shape index (κ1) is 13.8. The summed E-state index contributed by atoms with van der Waals surface area (Å²) in [5, 5.41) is 10.0. The highest BCUT2D eigenvalue weighted by Crippen LogP contribution is 2.20. The number of hydrogen-bond acceptors (Lipinski definition) is 5. The fourth-order valence-corrected chi connectivity index (χ4v) is 3.63. The average Bonchev–Trinajstić information content (AvgIpc) is 2.99. The zero-order valence-electron chi connectivity index (χ0n) is 9.70. The number of hydrogen-bond donors (Lipinski definition) is 2. The van der Waals surface area contributed by atoms with E-state index >= 15 is 0 Å². The SMILES string of the molecule is O=C(O)c1csc(S(=O)(=O)NCCc2ccco2)c1. The Balaban J connectivity index is 1.99. The Kier molecular flexibility index (Phi) is 4.03. The molecule has 0 aliphatic carbocycles. The van der Waals surface area contributed by atoms with Crippen LogP contribution < -0.4 is 4.72 Å². The highest BCUT2D eigenvalue weighted by molar-refractivity contribution is 7.91. The molecule has 2 rings (SSSR count). The molecule has 6 nitrogen and oxygen atoms in total. The van der Waals surface area contributed by atoms with Crippen LogP contribution in [-0.4, -0.2) is 26.0 Å². The van der Waals surface area contributed by atoms with E-state index in [-0.39, 0.29) is 16.3 Å². The van der Waals surface area contributed by atoms with Gasteiger partial charge in [0.1, 0.15) is 9.97 Å². The van der Waals surface area contributed by atoms with E-state index in [9.17, 15) is 13.2 Å². The summed E-state index contributed by atoms with van der Waals surface area (Å²) < 4.78 is 31.2. The van der Waals surface area contributed by atoms with E-state index in [4.69, 9.17) is 9.52 Å². The Hall–Kier alpha value is -1.64. The van der Waals surface area contributed by atoms with Crippen LogP contribution >= 0.6 is 11.3 Å². The quantitative estimate of drug-likeness (QED) is 0.844. The molecular formula is C11H11NO5S2. The standard InChI is InChI=1S/C11H11NO5S2/c13-11(14)8-6-10(18-7-8)19(15,16)12-4-3-9-2-1-5-17-9/h1-2,5-7,12H,3-4H2,(H,13,14). The van der Waals surface area contributed by atoms with Crippen molar-refractivity contribution in [2.24, 2.45) is 0 Å². The van der Waals surface area contributed by atoms with Gasteiger partial charge in [-0.05, 0) is 18.2 Å². The monoisotopic (exact) mass is 301 g/mol. The molecule has 0 aliphatic rings. The Labute approximate surface area is 113 Å². The predicted molar refractivity (Wildman–Crippen MR) is 68.9 cm³/mol. The van der Waals surface area contributed by atoms with E-state index in [1.807, 2.05) is 0 Å². The van der Waals surface area contributed by atoms with Gasteiger partial charge in [-0.1, -0.05) is 0 Å². The molecule has 0 fully saturated rings. The van der Waals surface area contributed by atoms with Gasteiger partial charge < -0.3 is 9.52 Å². The van der Waals surface area contributed by atoms with E-state index in [0.29, 0.717) is 12.2 Å². The van der Waals surface area contributed by atoms with Crippen molar-refractivity contribution in [2.45, 2.75) is 10.6 Å². The zero-order valence-corrected chi connectivity index (χ0v) is 11.3. The molecule has 19 heavy (non-hydrogen) atoms. The molecule has 2 heterocycles. The molecule has 2 aromatic rings. The molecule has 0 aromatic carbocycles. The third-order valence-corrected chi connectivity index (χ3v) is 5.23. The van der Waals surface area contributed by atoms with E-state index < -0.39 is 16.0 Å². The van der Waals surface area contributed by atoms with Crippen molar-refractivity contribution in [1.82, 2.24) is 4.72 Å². The van der Waals surface area contributed by atoms with Gasteiger partial charge in [0, 0.05) is 18.3 Å². The number of furan rings is 1. The molecule has 0 amide bonds. The number of nitrogens with one attached hydrogen (secondary N) is 1. The summed E-state index contributed by atoms with van der Waals surface area (Å²) in [5.41, 5.74) is -0.0311. The summed E-state index contributed by atoms with van der Waals surface area (Å²) in [5.74, 6) is -0.464. The molecule has 0 saturated heterocycles. The minimum atomic E-state index is -3.66. The molecule has 0 atom stereocenters. The lowest BCUT2D eigenvalue weighted by atomic mass is 10.3. The van der Waals surface area contributed by atoms with Crippen molar-refractivity contribution in [3.63, 3.8) is 0 Å². The lowest BCUT2D eigenvalue weighted by Gasteiger charge is -2.02.